The van der Waals surface area contributed by atoms with Crippen molar-refractivity contribution < 1.29 is 24.2 Å². The number of alkyl carbamates (subject to hydrolysis) is 1. The number of nitrogens with two attached hydrogens (primary N) is 1. The Morgan fingerprint density at radius 2 is 1.84 bits per heavy atom. The highest BCUT2D eigenvalue weighted by molar-refractivity contribution is 5.74. The average Bonchev–Trinajstić information content (AvgIpc) is 2.81. The van der Waals surface area contributed by atoms with Crippen molar-refractivity contribution in [2.75, 3.05) is 7.11 Å². The van der Waals surface area contributed by atoms with E-state index in [1.165, 1.54) is 7.11 Å². The van der Waals surface area contributed by atoms with E-state index in [0.717, 1.165) is 12.8 Å². The minimum atomic E-state index is -0.956. The molecule has 25 heavy (non-hydrogen) atoms. The molecule has 4 N–H and O–H groups in total. The van der Waals surface area contributed by atoms with Crippen LogP contribution in [0.2, 0.25) is 0 Å². The summed E-state index contributed by atoms with van der Waals surface area (Å²) >= 11 is 0. The van der Waals surface area contributed by atoms with Crippen molar-refractivity contribution in [3.8, 4) is 0 Å². The predicted octanol–water partition coefficient (Wildman–Crippen LogP) is 1.81. The van der Waals surface area contributed by atoms with Gasteiger partial charge in [-0.3, -0.25) is 4.79 Å². The number of amides is 1. The van der Waals surface area contributed by atoms with E-state index in [0.29, 0.717) is 0 Å². The van der Waals surface area contributed by atoms with E-state index in [1.54, 1.807) is 20.8 Å². The lowest BCUT2D eigenvalue weighted by atomic mass is 9.81. The number of rotatable bonds is 6. The Morgan fingerprint density at radius 1 is 1.28 bits per heavy atom. The highest BCUT2D eigenvalue weighted by Crippen LogP contribution is 2.37. The molecule has 1 aliphatic rings. The fourth-order valence-corrected chi connectivity index (χ4v) is 3.72. The van der Waals surface area contributed by atoms with Gasteiger partial charge in [-0.15, -0.1) is 0 Å². The molecule has 1 saturated carbocycles. The number of ether oxygens (including phenoxy) is 2. The first-order valence-corrected chi connectivity index (χ1v) is 9.06. The summed E-state index contributed by atoms with van der Waals surface area (Å²) in [4.78, 5) is 24.2. The smallest absolute Gasteiger partial charge is 0.407 e. The minimum absolute atomic E-state index is 0.194. The predicted molar refractivity (Wildman–Crippen MR) is 94.8 cm³/mol. The molecule has 0 heterocycles. The van der Waals surface area contributed by atoms with Crippen LogP contribution in [0.4, 0.5) is 4.79 Å². The Balaban J connectivity index is 3.00. The molecule has 0 spiro atoms. The fourth-order valence-electron chi connectivity index (χ4n) is 3.72. The SMILES string of the molecule is CCC(CC)[C@H](N)[C@H]1[C@H](O)[C@@H](C(=O)OC)C[C@H]1NC(=O)OC(C)(C)C. The quantitative estimate of drug-likeness (QED) is 0.625. The van der Waals surface area contributed by atoms with Gasteiger partial charge in [-0.05, 0) is 33.1 Å². The van der Waals surface area contributed by atoms with Gasteiger partial charge in [-0.25, -0.2) is 4.79 Å². The van der Waals surface area contributed by atoms with E-state index in [2.05, 4.69) is 5.32 Å². The highest BCUT2D eigenvalue weighted by Gasteiger charge is 2.50. The second-order valence-electron chi connectivity index (χ2n) is 7.84. The first-order chi connectivity index (χ1) is 11.6. The lowest BCUT2D eigenvalue weighted by Gasteiger charge is -2.33. The molecule has 1 rings (SSSR count). The van der Waals surface area contributed by atoms with E-state index in [1.807, 2.05) is 13.8 Å². The molecule has 5 atom stereocenters. The van der Waals surface area contributed by atoms with Crippen molar-refractivity contribution >= 4 is 12.1 Å². The normalized spacial score (nSPS) is 27.9. The molecule has 7 nitrogen and oxygen atoms in total. The first kappa shape index (κ1) is 21.7. The number of aliphatic hydroxyl groups excluding tert-OH is 1. The molecule has 0 bridgehead atoms. The Hall–Kier alpha value is -1.34. The number of esters is 1. The van der Waals surface area contributed by atoms with Crippen LogP contribution in [0.25, 0.3) is 0 Å². The number of carbonyl (C=O) groups is 2. The van der Waals surface area contributed by atoms with Gasteiger partial charge in [0.05, 0.1) is 19.1 Å². The molecule has 0 aromatic rings. The molecule has 0 aromatic heterocycles. The van der Waals surface area contributed by atoms with Crippen LogP contribution < -0.4 is 11.1 Å². The maximum Gasteiger partial charge on any atom is 0.407 e. The molecule has 146 valence electrons. The molecule has 0 saturated heterocycles. The molecule has 1 aliphatic carbocycles. The Morgan fingerprint density at radius 3 is 2.28 bits per heavy atom. The third kappa shape index (κ3) is 5.57. The lowest BCUT2D eigenvalue weighted by Crippen LogP contribution is -2.51. The van der Waals surface area contributed by atoms with Crippen LogP contribution in [0.15, 0.2) is 0 Å². The summed E-state index contributed by atoms with van der Waals surface area (Å²) in [6.45, 7) is 9.43. The molecular weight excluding hydrogens is 324 g/mol. The number of hydrogen-bond acceptors (Lipinski definition) is 6. The monoisotopic (exact) mass is 358 g/mol. The summed E-state index contributed by atoms with van der Waals surface area (Å²) in [7, 11) is 1.29. The van der Waals surface area contributed by atoms with Crippen LogP contribution in [-0.2, 0) is 14.3 Å². The van der Waals surface area contributed by atoms with Crippen molar-refractivity contribution in [1.29, 1.82) is 0 Å². The van der Waals surface area contributed by atoms with E-state index in [4.69, 9.17) is 15.2 Å². The van der Waals surface area contributed by atoms with Crippen LogP contribution in [0.5, 0.6) is 0 Å². The second-order valence-corrected chi connectivity index (χ2v) is 7.84. The maximum atomic E-state index is 12.2. The first-order valence-electron chi connectivity index (χ1n) is 9.06. The summed E-state index contributed by atoms with van der Waals surface area (Å²) < 4.78 is 10.1. The summed E-state index contributed by atoms with van der Waals surface area (Å²) in [5.41, 5.74) is 5.80. The van der Waals surface area contributed by atoms with Crippen molar-refractivity contribution in [3.63, 3.8) is 0 Å². The summed E-state index contributed by atoms with van der Waals surface area (Å²) in [5, 5.41) is 13.5. The van der Waals surface area contributed by atoms with Gasteiger partial charge in [-0.2, -0.15) is 0 Å². The van der Waals surface area contributed by atoms with Crippen LogP contribution in [0, 0.1) is 17.8 Å². The summed E-state index contributed by atoms with van der Waals surface area (Å²) in [6.07, 6.45) is 0.484. The van der Waals surface area contributed by atoms with Crippen LogP contribution in [-0.4, -0.2) is 48.1 Å². The largest absolute Gasteiger partial charge is 0.469 e. The fraction of sp³-hybridized carbons (Fsp3) is 0.889. The van der Waals surface area contributed by atoms with Crippen molar-refractivity contribution in [3.05, 3.63) is 0 Å². The zero-order valence-corrected chi connectivity index (χ0v) is 16.2. The van der Waals surface area contributed by atoms with E-state index >= 15 is 0 Å². The minimum Gasteiger partial charge on any atom is -0.469 e. The molecular formula is C18H34N2O5. The number of hydrogen-bond donors (Lipinski definition) is 3. The van der Waals surface area contributed by atoms with Crippen LogP contribution in [0.1, 0.15) is 53.9 Å². The standard InChI is InChI=1S/C18H34N2O5/c1-7-10(8-2)14(19)13-12(20-17(23)25-18(3,4)5)9-11(15(13)21)16(22)24-6/h10-15,21H,7-9,19H2,1-6H3,(H,20,23)/t11-,12+,13-,14-,15+/m0/s1. The van der Waals surface area contributed by atoms with E-state index in [9.17, 15) is 14.7 Å². The molecule has 1 fully saturated rings. The lowest BCUT2D eigenvalue weighted by molar-refractivity contribution is -0.149. The van der Waals surface area contributed by atoms with Crippen molar-refractivity contribution in [1.82, 2.24) is 5.32 Å². The number of aliphatic hydroxyl groups is 1. The number of nitrogens with one attached hydrogen (secondary N) is 1. The summed E-state index contributed by atoms with van der Waals surface area (Å²) in [5.74, 6) is -1.42. The Kier molecular flexibility index (Phi) is 7.68. The zero-order valence-electron chi connectivity index (χ0n) is 16.2. The maximum absolute atomic E-state index is 12.2. The van der Waals surface area contributed by atoms with E-state index in [-0.39, 0.29) is 18.4 Å². The van der Waals surface area contributed by atoms with E-state index < -0.39 is 41.6 Å². The Bertz CT molecular complexity index is 459. The molecule has 0 radical (unpaired) electrons. The van der Waals surface area contributed by atoms with Gasteiger partial charge in [0.15, 0.2) is 0 Å². The highest BCUT2D eigenvalue weighted by atomic mass is 16.6. The van der Waals surface area contributed by atoms with Gasteiger partial charge in [-0.1, -0.05) is 26.7 Å². The van der Waals surface area contributed by atoms with Gasteiger partial charge in [0.25, 0.3) is 0 Å². The molecule has 0 aliphatic heterocycles. The van der Waals surface area contributed by atoms with Crippen molar-refractivity contribution in [2.24, 2.45) is 23.5 Å². The van der Waals surface area contributed by atoms with Gasteiger partial charge in [0.2, 0.25) is 0 Å². The molecule has 1 amide bonds. The second kappa shape index (κ2) is 8.85. The summed E-state index contributed by atoms with van der Waals surface area (Å²) in [6, 6.07) is -0.774. The zero-order chi connectivity index (χ0) is 19.4. The third-order valence-corrected chi connectivity index (χ3v) is 5.02. The number of carbonyl (C=O) groups excluding carboxylic acids is 2. The Labute approximate surface area is 150 Å². The van der Waals surface area contributed by atoms with Crippen molar-refractivity contribution in [2.45, 2.75) is 77.7 Å². The van der Waals surface area contributed by atoms with Gasteiger partial charge in [0, 0.05) is 18.0 Å². The van der Waals surface area contributed by atoms with Crippen LogP contribution >= 0.6 is 0 Å². The average molecular weight is 358 g/mol. The topological polar surface area (TPSA) is 111 Å². The molecule has 0 unspecified atom stereocenters. The van der Waals surface area contributed by atoms with Gasteiger partial charge < -0.3 is 25.6 Å². The van der Waals surface area contributed by atoms with Crippen LogP contribution in [0.3, 0.4) is 0 Å². The molecule has 0 aromatic carbocycles. The third-order valence-electron chi connectivity index (χ3n) is 5.02. The molecule has 7 heteroatoms. The number of methoxy groups -OCH3 is 1. The van der Waals surface area contributed by atoms with Gasteiger partial charge in [0.1, 0.15) is 5.60 Å². The van der Waals surface area contributed by atoms with Gasteiger partial charge >= 0.3 is 12.1 Å².